The molecule has 0 saturated carbocycles. The smallest absolute Gasteiger partial charge is 0.229 e. The minimum Gasteiger partial charge on any atom is -0.372 e. The number of benzene rings is 2. The van der Waals surface area contributed by atoms with Gasteiger partial charge in [-0.25, -0.2) is 9.37 Å². The normalized spacial score (nSPS) is 12.4. The second-order valence-electron chi connectivity index (χ2n) is 7.14. The Kier molecular flexibility index (Phi) is 5.97. The third-order valence-corrected chi connectivity index (χ3v) is 5.34. The van der Waals surface area contributed by atoms with E-state index in [2.05, 4.69) is 10.3 Å². The van der Waals surface area contributed by atoms with E-state index in [0.29, 0.717) is 36.0 Å². The number of aromatic nitrogens is 1. The van der Waals surface area contributed by atoms with Crippen LogP contribution in [0.2, 0.25) is 5.02 Å². The highest BCUT2D eigenvalue weighted by Gasteiger charge is 2.20. The molecule has 4 rings (SSSR count). The molecule has 1 N–H and O–H groups in total. The number of nitrogens with one attached hydrogen (secondary N) is 1. The quantitative estimate of drug-likeness (QED) is 0.621. The predicted octanol–water partition coefficient (Wildman–Crippen LogP) is 4.77. The molecule has 0 spiro atoms. The molecule has 3 aromatic rings. The molecule has 0 radical (unpaired) electrons. The molecular formula is C23H19ClFN3O3. The van der Waals surface area contributed by atoms with Crippen LogP contribution in [0.1, 0.15) is 23.6 Å². The van der Waals surface area contributed by atoms with Crippen molar-refractivity contribution in [2.24, 2.45) is 0 Å². The van der Waals surface area contributed by atoms with E-state index in [1.807, 2.05) is 18.2 Å². The van der Waals surface area contributed by atoms with E-state index >= 15 is 0 Å². The highest BCUT2D eigenvalue weighted by Crippen LogP contribution is 2.30. The number of fused-ring (bicyclic) bond motifs is 1. The highest BCUT2D eigenvalue weighted by atomic mass is 35.5. The van der Waals surface area contributed by atoms with Crippen molar-refractivity contribution < 1.29 is 18.7 Å². The molecule has 0 aliphatic carbocycles. The van der Waals surface area contributed by atoms with E-state index in [1.54, 1.807) is 18.2 Å². The average molecular weight is 440 g/mol. The number of anilines is 3. The van der Waals surface area contributed by atoms with E-state index in [0.717, 1.165) is 11.1 Å². The molecule has 0 atom stereocenters. The van der Waals surface area contributed by atoms with Crippen molar-refractivity contribution in [2.75, 3.05) is 10.2 Å². The maximum absolute atomic E-state index is 13.6. The lowest BCUT2D eigenvalue weighted by molar-refractivity contribution is -0.116. The first-order chi connectivity index (χ1) is 14.9. The maximum Gasteiger partial charge on any atom is 0.229 e. The summed E-state index contributed by atoms with van der Waals surface area (Å²) in [6, 6.07) is 13.2. The number of carbonyl (C=O) groups excluding carboxylic acids is 2. The summed E-state index contributed by atoms with van der Waals surface area (Å²) in [6.45, 7) is 2.51. The summed E-state index contributed by atoms with van der Waals surface area (Å²) in [5, 5.41) is 2.67. The molecule has 1 aliphatic heterocycles. The Bertz CT molecular complexity index is 1170. The number of nitrogens with zero attached hydrogens (tertiary/aromatic N) is 2. The number of amides is 2. The van der Waals surface area contributed by atoms with Gasteiger partial charge in [-0.2, -0.15) is 0 Å². The molecular weight excluding hydrogens is 421 g/mol. The molecule has 2 heterocycles. The molecule has 0 fully saturated rings. The van der Waals surface area contributed by atoms with Gasteiger partial charge < -0.3 is 10.1 Å². The number of halogens is 2. The Balaban J connectivity index is 1.55. The van der Waals surface area contributed by atoms with E-state index in [-0.39, 0.29) is 23.3 Å². The van der Waals surface area contributed by atoms with E-state index in [1.165, 1.54) is 30.2 Å². The predicted molar refractivity (Wildman–Crippen MR) is 116 cm³/mol. The van der Waals surface area contributed by atoms with E-state index in [4.69, 9.17) is 16.3 Å². The van der Waals surface area contributed by atoms with Gasteiger partial charge in [0.15, 0.2) is 0 Å². The Morgan fingerprint density at radius 1 is 1.16 bits per heavy atom. The fraction of sp³-hybridized carbons (Fsp3) is 0.174. The zero-order chi connectivity index (χ0) is 22.0. The summed E-state index contributed by atoms with van der Waals surface area (Å²) in [5.74, 6) is -0.793. The zero-order valence-corrected chi connectivity index (χ0v) is 17.4. The molecule has 31 heavy (non-hydrogen) atoms. The molecule has 1 aliphatic rings. The van der Waals surface area contributed by atoms with Crippen molar-refractivity contribution in [3.05, 3.63) is 82.3 Å². The van der Waals surface area contributed by atoms with Crippen LogP contribution in [-0.4, -0.2) is 16.8 Å². The van der Waals surface area contributed by atoms with Crippen LogP contribution in [0.4, 0.5) is 21.6 Å². The van der Waals surface area contributed by atoms with Crippen molar-refractivity contribution in [3.8, 4) is 0 Å². The summed E-state index contributed by atoms with van der Waals surface area (Å²) < 4.78 is 19.0. The van der Waals surface area contributed by atoms with Gasteiger partial charge in [0.1, 0.15) is 11.6 Å². The van der Waals surface area contributed by atoms with Crippen LogP contribution in [-0.2, 0) is 34.0 Å². The number of hydrogen-bond donors (Lipinski definition) is 1. The summed E-state index contributed by atoms with van der Waals surface area (Å²) in [7, 11) is 0. The third kappa shape index (κ3) is 4.57. The van der Waals surface area contributed by atoms with E-state index in [9.17, 15) is 14.0 Å². The van der Waals surface area contributed by atoms with Gasteiger partial charge in [0.05, 0.1) is 30.3 Å². The second-order valence-corrected chi connectivity index (χ2v) is 7.52. The third-order valence-electron chi connectivity index (χ3n) is 4.92. The lowest BCUT2D eigenvalue weighted by Gasteiger charge is -2.21. The van der Waals surface area contributed by atoms with Crippen LogP contribution in [0.25, 0.3) is 0 Å². The highest BCUT2D eigenvalue weighted by molar-refractivity contribution is 6.31. The number of carbonyl (C=O) groups is 2. The summed E-state index contributed by atoms with van der Waals surface area (Å²) in [4.78, 5) is 30.6. The van der Waals surface area contributed by atoms with Crippen molar-refractivity contribution in [3.63, 3.8) is 0 Å². The largest absolute Gasteiger partial charge is 0.372 e. The van der Waals surface area contributed by atoms with Crippen LogP contribution < -0.4 is 10.2 Å². The minimum absolute atomic E-state index is 0.0728. The maximum atomic E-state index is 13.6. The Labute approximate surface area is 183 Å². The average Bonchev–Trinajstić information content (AvgIpc) is 3.19. The molecule has 0 unspecified atom stereocenters. The van der Waals surface area contributed by atoms with Crippen LogP contribution in [0.5, 0.6) is 0 Å². The molecule has 158 valence electrons. The zero-order valence-electron chi connectivity index (χ0n) is 16.7. The number of hydrogen-bond acceptors (Lipinski definition) is 4. The minimum atomic E-state index is -0.574. The molecule has 6 nitrogen and oxygen atoms in total. The summed E-state index contributed by atoms with van der Waals surface area (Å²) in [5.41, 5.74) is 3.63. The van der Waals surface area contributed by atoms with Crippen LogP contribution >= 0.6 is 11.6 Å². The Morgan fingerprint density at radius 3 is 2.77 bits per heavy atom. The fourth-order valence-corrected chi connectivity index (χ4v) is 3.65. The first-order valence-electron chi connectivity index (χ1n) is 9.61. The topological polar surface area (TPSA) is 71.5 Å². The lowest BCUT2D eigenvalue weighted by Crippen LogP contribution is -2.24. The van der Waals surface area contributed by atoms with Crippen LogP contribution in [0.15, 0.2) is 54.7 Å². The fourth-order valence-electron chi connectivity index (χ4n) is 3.45. The number of rotatable bonds is 5. The van der Waals surface area contributed by atoms with Gasteiger partial charge in [-0.3, -0.25) is 14.5 Å². The first kappa shape index (κ1) is 21.0. The molecule has 0 saturated heterocycles. The number of pyridine rings is 1. The first-order valence-corrected chi connectivity index (χ1v) is 9.99. The standard InChI is InChI=1S/C23H19ClFN3O3/c1-14(29)28(19-6-5-16-12-31-13-17(16)9-19)21-11-18(7-8-26-21)27-22(30)10-15-3-2-4-20(25)23(15)24/h2-9,11H,10,12-13H2,1H3,(H,26,27,30). The molecule has 8 heteroatoms. The number of ether oxygens (including phenoxy) is 1. The van der Waals surface area contributed by atoms with Gasteiger partial charge >= 0.3 is 0 Å². The monoisotopic (exact) mass is 439 g/mol. The van der Waals surface area contributed by atoms with Crippen LogP contribution in [0, 0.1) is 5.82 Å². The van der Waals surface area contributed by atoms with Crippen molar-refractivity contribution in [2.45, 2.75) is 26.6 Å². The second kappa shape index (κ2) is 8.83. The van der Waals surface area contributed by atoms with Gasteiger partial charge in [0, 0.05) is 24.9 Å². The van der Waals surface area contributed by atoms with Crippen LogP contribution in [0.3, 0.4) is 0 Å². The van der Waals surface area contributed by atoms with Crippen molar-refractivity contribution in [1.29, 1.82) is 0 Å². The summed E-state index contributed by atoms with van der Waals surface area (Å²) >= 11 is 5.93. The van der Waals surface area contributed by atoms with Gasteiger partial charge in [-0.05, 0) is 41.0 Å². The Hall–Kier alpha value is -3.29. The van der Waals surface area contributed by atoms with Gasteiger partial charge in [0.25, 0.3) is 0 Å². The van der Waals surface area contributed by atoms with Gasteiger partial charge in [-0.1, -0.05) is 29.8 Å². The SMILES string of the molecule is CC(=O)N(c1ccc2c(c1)COC2)c1cc(NC(=O)Cc2cccc(F)c2Cl)ccn1. The van der Waals surface area contributed by atoms with Crippen molar-refractivity contribution in [1.82, 2.24) is 4.98 Å². The molecule has 2 aromatic carbocycles. The molecule has 0 bridgehead atoms. The summed E-state index contributed by atoms with van der Waals surface area (Å²) in [6.07, 6.45) is 1.42. The molecule has 2 amide bonds. The van der Waals surface area contributed by atoms with E-state index < -0.39 is 5.82 Å². The van der Waals surface area contributed by atoms with Crippen molar-refractivity contribution >= 4 is 40.6 Å². The van der Waals surface area contributed by atoms with Gasteiger partial charge in [0.2, 0.25) is 11.8 Å². The lowest BCUT2D eigenvalue weighted by atomic mass is 10.1. The van der Waals surface area contributed by atoms with Gasteiger partial charge in [-0.15, -0.1) is 0 Å². The molecule has 1 aromatic heterocycles. The Morgan fingerprint density at radius 2 is 1.97 bits per heavy atom.